The second-order valence-corrected chi connectivity index (χ2v) is 29.4. The van der Waals surface area contributed by atoms with Crippen molar-refractivity contribution in [3.63, 3.8) is 0 Å². The molecule has 15 atom stereocenters. The largest absolute Gasteiger partial charge is 0.388 e. The van der Waals surface area contributed by atoms with E-state index in [4.69, 9.17) is 19.9 Å². The molecular formula is C76H119N13O17. The summed E-state index contributed by atoms with van der Waals surface area (Å²) in [6.07, 6.45) is -0.584. The minimum absolute atomic E-state index is 0.0125. The predicted octanol–water partition coefficient (Wildman–Crippen LogP) is 2.21. The molecule has 0 bridgehead atoms. The number of nitrogens with one attached hydrogen (secondary N) is 8. The summed E-state index contributed by atoms with van der Waals surface area (Å²) in [5, 5.41) is 44.0. The summed E-state index contributed by atoms with van der Waals surface area (Å²) in [4.78, 5) is 167. The number of primary amides is 1. The summed E-state index contributed by atoms with van der Waals surface area (Å²) in [5.74, 6) is -6.53. The van der Waals surface area contributed by atoms with Gasteiger partial charge in [0.1, 0.15) is 42.5 Å². The second kappa shape index (κ2) is 43.4. The van der Waals surface area contributed by atoms with E-state index in [2.05, 4.69) is 42.5 Å². The van der Waals surface area contributed by atoms with E-state index in [1.807, 2.05) is 90.9 Å². The third kappa shape index (κ3) is 26.2. The average molecular weight is 1490 g/mol. The molecule has 0 aromatic heterocycles. The van der Waals surface area contributed by atoms with Gasteiger partial charge < -0.3 is 82.5 Å². The average Bonchev–Trinajstić information content (AvgIpc) is 1.47. The molecule has 2 aromatic carbocycles. The third-order valence-electron chi connectivity index (χ3n) is 20.2. The molecule has 0 aliphatic carbocycles. The van der Waals surface area contributed by atoms with Gasteiger partial charge in [0.2, 0.25) is 53.2 Å². The number of likely N-dealkylation sites (tertiary alicyclic amines) is 1. The SMILES string of the molecule is CCC(C)C(C(CC(=O)N1CCC[C@@H]1C(OC)C(C)C(=O)N[C@@H](Cc1ccccc1)C(=O)NCCc1ccc(NC(=O)C(CCCNC(N)=O)NC(=O)[C@H](NC(=O)C[C@@H]2O[C@H](CNC(=O)CCCCCN3C(=O)C=CC3=O)C(O)C2O)C(C)C)cc1)OC)N(C)C(=O)[C@@H](NC(=O)C(C(C)C)N(C)C)C(C)C. The Hall–Kier alpha value is -8.42. The number of hydrogen-bond donors (Lipinski definition) is 11. The number of methoxy groups -OCH3 is 2. The Kier molecular flexibility index (Phi) is 36.1. The summed E-state index contributed by atoms with van der Waals surface area (Å²) >= 11 is 0. The lowest BCUT2D eigenvalue weighted by Crippen LogP contribution is -2.59. The molecule has 0 spiro atoms. The van der Waals surface area contributed by atoms with E-state index in [9.17, 15) is 67.7 Å². The Morgan fingerprint density at radius 3 is 1.90 bits per heavy atom. The number of imide groups is 1. The molecule has 2 saturated heterocycles. The van der Waals surface area contributed by atoms with Crippen molar-refractivity contribution in [2.75, 3.05) is 73.4 Å². The van der Waals surface area contributed by atoms with Crippen LogP contribution in [-0.4, -0.2) is 248 Å². The molecule has 0 saturated carbocycles. The first-order valence-corrected chi connectivity index (χ1v) is 37.3. The number of carbonyl (C=O) groups is 12. The highest BCUT2D eigenvalue weighted by atomic mass is 16.5. The van der Waals surface area contributed by atoms with Crippen LogP contribution in [0, 0.1) is 29.6 Å². The van der Waals surface area contributed by atoms with Crippen molar-refractivity contribution >= 4 is 76.7 Å². The molecule has 2 fully saturated rings. The standard InChI is InChI=1S/C76H119N13O17/c1-15-47(8)66(87(12)75(102)64(45(4)5)85-74(101)65(46(6)7)86(10)11)55(104-13)42-62(94)88-39-23-27-54(88)69(105-14)48(9)70(97)83-53(40-50-24-18-16-19-25-50)71(98)78-37-35-49-29-31-51(32-30-49)81-72(99)52(26-22-36-79-76(77)103)82-73(100)63(44(2)3)84-59(91)41-56-67(95)68(96)57(106-56)43-80-58(90)28-20-17-21-38-89-60(92)33-34-61(89)93/h16,18-19,24-25,29-34,44-48,52-57,63-69,95-96H,15,17,20-23,26-28,35-43H2,1-14H3,(H,78,98)(H,80,90)(H,81,99)(H,82,100)(H,83,97)(H,84,91)(H,85,101)(H3,77,79,103)/t47?,48?,52?,53-,54+,55?,56-,57+,63+,64-,65?,66?,67?,68?,69?/m0/s1. The van der Waals surface area contributed by atoms with Crippen LogP contribution in [0.4, 0.5) is 10.5 Å². The zero-order valence-corrected chi connectivity index (χ0v) is 64.4. The van der Waals surface area contributed by atoms with Crippen molar-refractivity contribution < 1.29 is 82.0 Å². The first-order valence-electron chi connectivity index (χ1n) is 37.3. The molecule has 590 valence electrons. The van der Waals surface area contributed by atoms with Gasteiger partial charge >= 0.3 is 6.03 Å². The predicted molar refractivity (Wildman–Crippen MR) is 397 cm³/mol. The number of anilines is 1. The fraction of sp³-hybridized carbons (Fsp3) is 0.658. The maximum absolute atomic E-state index is 14.7. The van der Waals surface area contributed by atoms with E-state index >= 15 is 0 Å². The normalized spacial score (nSPS) is 20.1. The van der Waals surface area contributed by atoms with Crippen LogP contribution in [0.15, 0.2) is 66.7 Å². The molecule has 3 aliphatic heterocycles. The van der Waals surface area contributed by atoms with Gasteiger partial charge in [0, 0.05) is 84.7 Å². The maximum Gasteiger partial charge on any atom is 0.312 e. The molecule has 12 N–H and O–H groups in total. The fourth-order valence-corrected chi connectivity index (χ4v) is 14.1. The Labute approximate surface area is 624 Å². The highest BCUT2D eigenvalue weighted by Crippen LogP contribution is 2.31. The van der Waals surface area contributed by atoms with Crippen LogP contribution in [0.1, 0.15) is 144 Å². The van der Waals surface area contributed by atoms with Crippen molar-refractivity contribution in [3.05, 3.63) is 77.9 Å². The highest BCUT2D eigenvalue weighted by Gasteiger charge is 2.46. The van der Waals surface area contributed by atoms with Crippen LogP contribution >= 0.6 is 0 Å². The van der Waals surface area contributed by atoms with Crippen LogP contribution in [-0.2, 0) is 79.8 Å². The number of amides is 13. The molecule has 5 rings (SSSR count). The quantitative estimate of drug-likeness (QED) is 0.0335. The number of hydrogen-bond acceptors (Lipinski definition) is 18. The molecule has 3 aliphatic rings. The maximum atomic E-state index is 14.7. The van der Waals surface area contributed by atoms with Crippen molar-refractivity contribution in [2.24, 2.45) is 35.3 Å². The summed E-state index contributed by atoms with van der Waals surface area (Å²) in [7, 11) is 8.38. The molecule has 2 aromatic rings. The van der Waals surface area contributed by atoms with Gasteiger partial charge in [-0.25, -0.2) is 4.79 Å². The second-order valence-electron chi connectivity index (χ2n) is 29.4. The topological polar surface area (TPSA) is 408 Å². The highest BCUT2D eigenvalue weighted by molar-refractivity contribution is 6.12. The summed E-state index contributed by atoms with van der Waals surface area (Å²) in [6, 6.07) is 9.52. The first-order chi connectivity index (χ1) is 50.2. The summed E-state index contributed by atoms with van der Waals surface area (Å²) in [6.45, 7) is 17.5. The smallest absolute Gasteiger partial charge is 0.312 e. The lowest BCUT2D eigenvalue weighted by Gasteiger charge is -2.41. The van der Waals surface area contributed by atoms with E-state index in [0.29, 0.717) is 57.2 Å². The molecular weight excluding hydrogens is 1370 g/mol. The molecule has 13 amide bonds. The van der Waals surface area contributed by atoms with Crippen LogP contribution in [0.3, 0.4) is 0 Å². The Morgan fingerprint density at radius 1 is 0.660 bits per heavy atom. The van der Waals surface area contributed by atoms with Gasteiger partial charge in [-0.2, -0.15) is 0 Å². The zero-order chi connectivity index (χ0) is 78.6. The molecule has 0 radical (unpaired) electrons. The van der Waals surface area contributed by atoms with Crippen molar-refractivity contribution in [2.45, 2.75) is 225 Å². The number of rotatable bonds is 44. The zero-order valence-electron chi connectivity index (χ0n) is 64.4. The van der Waals surface area contributed by atoms with E-state index in [1.54, 1.807) is 61.9 Å². The van der Waals surface area contributed by atoms with Crippen LogP contribution in [0.5, 0.6) is 0 Å². The summed E-state index contributed by atoms with van der Waals surface area (Å²) in [5.41, 5.74) is 7.22. The third-order valence-corrected chi connectivity index (χ3v) is 20.2. The van der Waals surface area contributed by atoms with Crippen molar-refractivity contribution in [1.29, 1.82) is 0 Å². The minimum atomic E-state index is -1.51. The van der Waals surface area contributed by atoms with Crippen molar-refractivity contribution in [3.8, 4) is 0 Å². The van der Waals surface area contributed by atoms with Gasteiger partial charge in [-0.1, -0.05) is 118 Å². The van der Waals surface area contributed by atoms with Crippen molar-refractivity contribution in [1.82, 2.24) is 56.8 Å². The summed E-state index contributed by atoms with van der Waals surface area (Å²) < 4.78 is 18.0. The lowest BCUT2D eigenvalue weighted by molar-refractivity contribution is -0.148. The molecule has 106 heavy (non-hydrogen) atoms. The van der Waals surface area contributed by atoms with Gasteiger partial charge in [-0.15, -0.1) is 0 Å². The number of benzene rings is 2. The number of unbranched alkanes of at least 4 members (excludes halogenated alkanes) is 2. The monoisotopic (exact) mass is 1490 g/mol. The van der Waals surface area contributed by atoms with E-state index in [1.165, 1.54) is 26.4 Å². The van der Waals surface area contributed by atoms with E-state index < -0.39 is 133 Å². The molecule has 9 unspecified atom stereocenters. The molecule has 30 nitrogen and oxygen atoms in total. The number of likely N-dealkylation sites (N-methyl/N-ethyl adjacent to an activating group) is 2. The number of nitrogens with zero attached hydrogens (tertiary/aromatic N) is 4. The van der Waals surface area contributed by atoms with Crippen LogP contribution in [0.25, 0.3) is 0 Å². The fourth-order valence-electron chi connectivity index (χ4n) is 14.1. The first kappa shape index (κ1) is 88.2. The van der Waals surface area contributed by atoms with Crippen LogP contribution in [0.2, 0.25) is 0 Å². The van der Waals surface area contributed by atoms with E-state index in [-0.39, 0.29) is 111 Å². The van der Waals surface area contributed by atoms with Crippen LogP contribution < -0.4 is 48.3 Å². The van der Waals surface area contributed by atoms with Gasteiger partial charge in [0.15, 0.2) is 0 Å². The minimum Gasteiger partial charge on any atom is -0.388 e. The number of ether oxygens (including phenoxy) is 3. The number of aliphatic hydroxyl groups is 2. The van der Waals surface area contributed by atoms with Gasteiger partial charge in [-0.05, 0) is 106 Å². The molecule has 3 heterocycles. The number of carbonyl (C=O) groups excluding carboxylic acids is 12. The number of nitrogens with two attached hydrogens (primary N) is 1. The Morgan fingerprint density at radius 2 is 1.30 bits per heavy atom. The van der Waals surface area contributed by atoms with Gasteiger partial charge in [-0.3, -0.25) is 62.5 Å². The number of aliphatic hydroxyl groups excluding tert-OH is 2. The number of urea groups is 1. The van der Waals surface area contributed by atoms with Gasteiger partial charge in [0.25, 0.3) is 11.8 Å². The lowest BCUT2D eigenvalue weighted by atomic mass is 9.89. The molecule has 30 heteroatoms. The van der Waals surface area contributed by atoms with Gasteiger partial charge in [0.05, 0.1) is 55.2 Å². The Balaban J connectivity index is 1.17. The Bertz CT molecular complexity index is 3260. The van der Waals surface area contributed by atoms with E-state index in [0.717, 1.165) is 16.0 Å².